The normalized spacial score (nSPS) is 15.8. The molecule has 1 aliphatic heterocycles. The molecule has 3 aromatic rings. The molecule has 1 fully saturated rings. The number of aliphatic hydroxyl groups excluding tert-OH is 1. The van der Waals surface area contributed by atoms with Gasteiger partial charge >= 0.3 is 0 Å². The molecule has 3 N–H and O–H groups in total. The first-order valence-electron chi connectivity index (χ1n) is 11.1. The van der Waals surface area contributed by atoms with Gasteiger partial charge in [-0.3, -0.25) is 4.79 Å². The number of piperazine rings is 1. The zero-order valence-electron chi connectivity index (χ0n) is 19.6. The van der Waals surface area contributed by atoms with Crippen molar-refractivity contribution in [2.75, 3.05) is 44.0 Å². The van der Waals surface area contributed by atoms with E-state index in [-0.39, 0.29) is 18.2 Å². The first kappa shape index (κ1) is 23.3. The number of carbonyl (C=O) groups excluding carboxylic acids is 1. The number of amides is 1. The number of carbonyl (C=O) groups is 1. The average Bonchev–Trinajstić information content (AvgIpc) is 2.85. The standard InChI is InChI=1S/C25H29N5O4/c1-16-4-6-19(7-5-16)34-23-13-27-20(11-22(23)33-3)25(32)30-9-8-29(14-18(30)15-31)21-12-28-24(26)10-17(21)2/h4-7,10-13,18,31H,8-9,14-15H2,1-3H3,(H2,26,28)/t18-/m1/s1. The number of nitrogens with two attached hydrogens (primary N) is 1. The van der Waals surface area contributed by atoms with Crippen LogP contribution in [0.15, 0.2) is 48.8 Å². The Bertz CT molecular complexity index is 1170. The quantitative estimate of drug-likeness (QED) is 0.574. The Hall–Kier alpha value is -3.85. The van der Waals surface area contributed by atoms with Gasteiger partial charge < -0.3 is 30.1 Å². The van der Waals surface area contributed by atoms with Crippen LogP contribution in [0.4, 0.5) is 11.5 Å². The number of aromatic nitrogens is 2. The Morgan fingerprint density at radius 2 is 1.88 bits per heavy atom. The van der Waals surface area contributed by atoms with E-state index in [1.165, 1.54) is 13.3 Å². The molecule has 2 aromatic heterocycles. The molecule has 0 spiro atoms. The fraction of sp³-hybridized carbons (Fsp3) is 0.320. The van der Waals surface area contributed by atoms with Gasteiger partial charge in [-0.2, -0.15) is 0 Å². The highest BCUT2D eigenvalue weighted by Crippen LogP contribution is 2.32. The number of pyridine rings is 2. The number of aryl methyl sites for hydroxylation is 2. The maximum absolute atomic E-state index is 13.3. The fourth-order valence-electron chi connectivity index (χ4n) is 4.06. The van der Waals surface area contributed by atoms with Gasteiger partial charge in [-0.1, -0.05) is 17.7 Å². The molecule has 1 saturated heterocycles. The van der Waals surface area contributed by atoms with Crippen LogP contribution in [0.25, 0.3) is 0 Å². The maximum Gasteiger partial charge on any atom is 0.273 e. The Morgan fingerprint density at radius 1 is 1.12 bits per heavy atom. The number of benzene rings is 1. The first-order chi connectivity index (χ1) is 16.4. The molecule has 34 heavy (non-hydrogen) atoms. The Kier molecular flexibility index (Phi) is 6.83. The number of nitrogen functional groups attached to an aromatic ring is 1. The zero-order valence-corrected chi connectivity index (χ0v) is 19.6. The minimum Gasteiger partial charge on any atom is -0.493 e. The molecule has 1 amide bonds. The average molecular weight is 464 g/mol. The van der Waals surface area contributed by atoms with E-state index in [1.54, 1.807) is 17.2 Å². The van der Waals surface area contributed by atoms with Gasteiger partial charge in [-0.15, -0.1) is 0 Å². The van der Waals surface area contributed by atoms with Crippen molar-refractivity contribution in [3.05, 3.63) is 65.6 Å². The number of methoxy groups -OCH3 is 1. The number of rotatable bonds is 6. The van der Waals surface area contributed by atoms with Gasteiger partial charge in [0.2, 0.25) is 0 Å². The second-order valence-electron chi connectivity index (χ2n) is 8.31. The van der Waals surface area contributed by atoms with E-state index in [0.717, 1.165) is 16.8 Å². The summed E-state index contributed by atoms with van der Waals surface area (Å²) >= 11 is 0. The summed E-state index contributed by atoms with van der Waals surface area (Å²) in [6.45, 7) is 5.30. The molecular weight excluding hydrogens is 434 g/mol. The predicted molar refractivity (Wildman–Crippen MR) is 130 cm³/mol. The third-order valence-electron chi connectivity index (χ3n) is 5.92. The zero-order chi connectivity index (χ0) is 24.2. The molecule has 1 aromatic carbocycles. The van der Waals surface area contributed by atoms with Gasteiger partial charge in [0.25, 0.3) is 5.91 Å². The highest BCUT2D eigenvalue weighted by Gasteiger charge is 2.32. The smallest absolute Gasteiger partial charge is 0.273 e. The molecule has 0 unspecified atom stereocenters. The molecule has 3 heterocycles. The lowest BCUT2D eigenvalue weighted by Crippen LogP contribution is -2.57. The van der Waals surface area contributed by atoms with Crippen molar-refractivity contribution in [1.29, 1.82) is 0 Å². The first-order valence-corrected chi connectivity index (χ1v) is 11.1. The van der Waals surface area contributed by atoms with E-state index < -0.39 is 6.04 Å². The summed E-state index contributed by atoms with van der Waals surface area (Å²) in [5.41, 5.74) is 9.06. The topological polar surface area (TPSA) is 114 Å². The molecule has 4 rings (SSSR count). The van der Waals surface area contributed by atoms with Crippen molar-refractivity contribution >= 4 is 17.4 Å². The highest BCUT2D eigenvalue weighted by molar-refractivity contribution is 5.93. The van der Waals surface area contributed by atoms with Crippen LogP contribution in [-0.2, 0) is 0 Å². The van der Waals surface area contributed by atoms with Crippen LogP contribution in [-0.4, -0.2) is 65.3 Å². The van der Waals surface area contributed by atoms with Crippen molar-refractivity contribution in [2.24, 2.45) is 0 Å². The summed E-state index contributed by atoms with van der Waals surface area (Å²) in [5.74, 6) is 1.66. The van der Waals surface area contributed by atoms with E-state index >= 15 is 0 Å². The molecule has 178 valence electrons. The predicted octanol–water partition coefficient (Wildman–Crippen LogP) is 2.80. The molecule has 1 atom stereocenters. The molecule has 9 nitrogen and oxygen atoms in total. The number of ether oxygens (including phenoxy) is 2. The summed E-state index contributed by atoms with van der Waals surface area (Å²) in [5, 5.41) is 10.0. The fourth-order valence-corrected chi connectivity index (χ4v) is 4.06. The summed E-state index contributed by atoms with van der Waals surface area (Å²) in [7, 11) is 1.52. The van der Waals surface area contributed by atoms with Crippen LogP contribution in [0.1, 0.15) is 21.6 Å². The summed E-state index contributed by atoms with van der Waals surface area (Å²) in [6, 6.07) is 10.6. The van der Waals surface area contributed by atoms with Crippen LogP contribution >= 0.6 is 0 Å². The van der Waals surface area contributed by atoms with Gasteiger partial charge in [0.1, 0.15) is 17.3 Å². The Balaban J connectivity index is 1.51. The number of aliphatic hydroxyl groups is 1. The lowest BCUT2D eigenvalue weighted by molar-refractivity contribution is 0.0559. The third-order valence-corrected chi connectivity index (χ3v) is 5.92. The Morgan fingerprint density at radius 3 is 2.56 bits per heavy atom. The van der Waals surface area contributed by atoms with Gasteiger partial charge in [-0.25, -0.2) is 9.97 Å². The van der Waals surface area contributed by atoms with Gasteiger partial charge in [0.15, 0.2) is 11.5 Å². The number of anilines is 2. The lowest BCUT2D eigenvalue weighted by atomic mass is 10.1. The van der Waals surface area contributed by atoms with Gasteiger partial charge in [0, 0.05) is 25.7 Å². The van der Waals surface area contributed by atoms with E-state index in [0.29, 0.717) is 42.7 Å². The van der Waals surface area contributed by atoms with Crippen molar-refractivity contribution in [1.82, 2.24) is 14.9 Å². The van der Waals surface area contributed by atoms with Crippen LogP contribution in [0.2, 0.25) is 0 Å². The van der Waals surface area contributed by atoms with E-state index in [4.69, 9.17) is 15.2 Å². The van der Waals surface area contributed by atoms with Crippen LogP contribution in [0.3, 0.4) is 0 Å². The molecule has 9 heteroatoms. The van der Waals surface area contributed by atoms with Crippen molar-refractivity contribution in [2.45, 2.75) is 19.9 Å². The minimum atomic E-state index is -0.394. The molecular formula is C25H29N5O4. The number of hydrogen-bond donors (Lipinski definition) is 2. The van der Waals surface area contributed by atoms with Crippen molar-refractivity contribution in [3.63, 3.8) is 0 Å². The minimum absolute atomic E-state index is 0.171. The molecule has 0 aliphatic carbocycles. The molecule has 0 saturated carbocycles. The SMILES string of the molecule is COc1cc(C(=O)N2CCN(c3cnc(N)cc3C)C[C@@H]2CO)ncc1Oc1ccc(C)cc1. The Labute approximate surface area is 198 Å². The van der Waals surface area contributed by atoms with Crippen LogP contribution in [0.5, 0.6) is 17.2 Å². The molecule has 0 bridgehead atoms. The molecule has 0 radical (unpaired) electrons. The van der Waals surface area contributed by atoms with E-state index in [1.807, 2.05) is 44.2 Å². The third kappa shape index (κ3) is 4.89. The summed E-state index contributed by atoms with van der Waals surface area (Å²) in [6.07, 6.45) is 3.22. The summed E-state index contributed by atoms with van der Waals surface area (Å²) < 4.78 is 11.3. The van der Waals surface area contributed by atoms with E-state index in [9.17, 15) is 9.90 Å². The van der Waals surface area contributed by atoms with Crippen LogP contribution in [0, 0.1) is 13.8 Å². The maximum atomic E-state index is 13.3. The second-order valence-corrected chi connectivity index (χ2v) is 8.31. The largest absolute Gasteiger partial charge is 0.493 e. The van der Waals surface area contributed by atoms with Gasteiger partial charge in [-0.05, 0) is 37.6 Å². The number of nitrogens with zero attached hydrogens (tertiary/aromatic N) is 4. The second kappa shape index (κ2) is 9.96. The highest BCUT2D eigenvalue weighted by atomic mass is 16.5. The monoisotopic (exact) mass is 463 g/mol. The lowest BCUT2D eigenvalue weighted by Gasteiger charge is -2.42. The van der Waals surface area contributed by atoms with Crippen molar-refractivity contribution in [3.8, 4) is 17.2 Å². The molecule has 1 aliphatic rings. The number of hydrogen-bond acceptors (Lipinski definition) is 8. The summed E-state index contributed by atoms with van der Waals surface area (Å²) in [4.78, 5) is 25.6. The van der Waals surface area contributed by atoms with Crippen LogP contribution < -0.4 is 20.1 Å². The van der Waals surface area contributed by atoms with Crippen molar-refractivity contribution < 1.29 is 19.4 Å². The van der Waals surface area contributed by atoms with Gasteiger partial charge in [0.05, 0.1) is 37.8 Å². The van der Waals surface area contributed by atoms with E-state index in [2.05, 4.69) is 14.9 Å².